The van der Waals surface area contributed by atoms with Gasteiger partial charge in [0.25, 0.3) is 0 Å². The van der Waals surface area contributed by atoms with Crippen molar-refractivity contribution in [2.75, 3.05) is 11.5 Å². The summed E-state index contributed by atoms with van der Waals surface area (Å²) in [4.78, 5) is 14.3. The van der Waals surface area contributed by atoms with E-state index in [9.17, 15) is 4.79 Å². The molecule has 0 N–H and O–H groups in total. The SMILES string of the molecule is CC(=O)N1c2ccc(-c3cnn(C4CC4)c3)c(OCC3CCCC3)c2CC[C@@H]1C. The standard InChI is InChI=1S/C24H31N3O2/c1-16-7-10-22-23(27(16)17(2)28)12-11-21(19-13-25-26(14-19)20-8-9-20)24(22)29-15-18-5-3-4-6-18/h11-14,16,18,20H,3-10,15H2,1-2H3/t16-/m0/s1. The van der Waals surface area contributed by atoms with Crippen molar-refractivity contribution in [3.63, 3.8) is 0 Å². The Labute approximate surface area is 173 Å². The molecule has 2 saturated carbocycles. The number of carbonyl (C=O) groups excluding carboxylic acids is 1. The molecule has 1 aromatic carbocycles. The van der Waals surface area contributed by atoms with E-state index in [0.717, 1.165) is 42.0 Å². The van der Waals surface area contributed by atoms with E-state index in [-0.39, 0.29) is 11.9 Å². The van der Waals surface area contributed by atoms with Gasteiger partial charge in [0.2, 0.25) is 5.91 Å². The first-order valence-electron chi connectivity index (χ1n) is 11.2. The number of hydrogen-bond acceptors (Lipinski definition) is 3. The second-order valence-corrected chi connectivity index (χ2v) is 9.12. The highest BCUT2D eigenvalue weighted by Crippen LogP contribution is 2.44. The average Bonchev–Trinajstić information content (AvgIpc) is 3.22. The lowest BCUT2D eigenvalue weighted by Crippen LogP contribution is -2.40. The molecule has 1 aromatic heterocycles. The molecule has 0 radical (unpaired) electrons. The first-order valence-corrected chi connectivity index (χ1v) is 11.2. The monoisotopic (exact) mass is 393 g/mol. The number of carbonyl (C=O) groups is 1. The van der Waals surface area contributed by atoms with E-state index in [1.165, 1.54) is 44.1 Å². The maximum Gasteiger partial charge on any atom is 0.224 e. The van der Waals surface area contributed by atoms with Crippen molar-refractivity contribution in [3.8, 4) is 16.9 Å². The van der Waals surface area contributed by atoms with E-state index < -0.39 is 0 Å². The van der Waals surface area contributed by atoms with Gasteiger partial charge in [0.1, 0.15) is 5.75 Å². The van der Waals surface area contributed by atoms with Gasteiger partial charge < -0.3 is 9.64 Å². The van der Waals surface area contributed by atoms with Crippen LogP contribution >= 0.6 is 0 Å². The molecule has 0 spiro atoms. The van der Waals surface area contributed by atoms with Gasteiger partial charge in [-0.1, -0.05) is 12.8 Å². The molecule has 2 fully saturated rings. The van der Waals surface area contributed by atoms with Crippen LogP contribution in [0.1, 0.15) is 70.4 Å². The first-order chi connectivity index (χ1) is 14.1. The molecule has 0 unspecified atom stereocenters. The van der Waals surface area contributed by atoms with E-state index in [4.69, 9.17) is 4.74 Å². The summed E-state index contributed by atoms with van der Waals surface area (Å²) in [6.45, 7) is 4.57. The van der Waals surface area contributed by atoms with Crippen LogP contribution in [0, 0.1) is 5.92 Å². The Morgan fingerprint density at radius 2 is 1.97 bits per heavy atom. The lowest BCUT2D eigenvalue weighted by molar-refractivity contribution is -0.117. The largest absolute Gasteiger partial charge is 0.492 e. The zero-order valence-corrected chi connectivity index (χ0v) is 17.6. The fraction of sp³-hybridized carbons (Fsp3) is 0.583. The van der Waals surface area contributed by atoms with Gasteiger partial charge in [0, 0.05) is 35.9 Å². The van der Waals surface area contributed by atoms with Gasteiger partial charge in [-0.25, -0.2) is 0 Å². The van der Waals surface area contributed by atoms with E-state index >= 15 is 0 Å². The highest BCUT2D eigenvalue weighted by atomic mass is 16.5. The molecule has 2 aromatic rings. The molecule has 2 aliphatic carbocycles. The number of nitrogens with zero attached hydrogens (tertiary/aromatic N) is 3. The fourth-order valence-corrected chi connectivity index (χ4v) is 5.07. The smallest absolute Gasteiger partial charge is 0.224 e. The van der Waals surface area contributed by atoms with Crippen LogP contribution in [0.3, 0.4) is 0 Å². The maximum absolute atomic E-state index is 12.4. The van der Waals surface area contributed by atoms with E-state index in [0.29, 0.717) is 12.0 Å². The molecule has 0 bridgehead atoms. The molecule has 5 heteroatoms. The van der Waals surface area contributed by atoms with Gasteiger partial charge >= 0.3 is 0 Å². The number of aromatic nitrogens is 2. The Balaban J connectivity index is 1.55. The molecule has 0 saturated heterocycles. The Bertz CT molecular complexity index is 909. The van der Waals surface area contributed by atoms with Crippen LogP contribution in [-0.4, -0.2) is 28.3 Å². The molecular weight excluding hydrogens is 362 g/mol. The van der Waals surface area contributed by atoms with Gasteiger partial charge in [0.15, 0.2) is 0 Å². The van der Waals surface area contributed by atoms with Gasteiger partial charge in [-0.3, -0.25) is 9.48 Å². The van der Waals surface area contributed by atoms with Crippen LogP contribution in [0.5, 0.6) is 5.75 Å². The molecule has 29 heavy (non-hydrogen) atoms. The van der Waals surface area contributed by atoms with Gasteiger partial charge in [-0.15, -0.1) is 0 Å². The number of hydrogen-bond donors (Lipinski definition) is 0. The predicted octanol–water partition coefficient (Wildman–Crippen LogP) is 5.14. The third kappa shape index (κ3) is 3.56. The Morgan fingerprint density at radius 1 is 1.17 bits per heavy atom. The van der Waals surface area contributed by atoms with E-state index in [1.54, 1.807) is 6.92 Å². The summed E-state index contributed by atoms with van der Waals surface area (Å²) in [6.07, 6.45) is 13.7. The molecule has 3 aliphatic rings. The van der Waals surface area contributed by atoms with E-state index in [1.807, 2.05) is 11.1 Å². The lowest BCUT2D eigenvalue weighted by Gasteiger charge is -2.36. The summed E-state index contributed by atoms with van der Waals surface area (Å²) in [5.41, 5.74) is 4.45. The number of fused-ring (bicyclic) bond motifs is 1. The lowest BCUT2D eigenvalue weighted by atomic mass is 9.92. The topological polar surface area (TPSA) is 47.4 Å². The Hall–Kier alpha value is -2.30. The van der Waals surface area contributed by atoms with Crippen molar-refractivity contribution in [2.45, 2.75) is 77.3 Å². The molecule has 1 atom stereocenters. The van der Waals surface area contributed by atoms with Crippen LogP contribution < -0.4 is 9.64 Å². The highest BCUT2D eigenvalue weighted by Gasteiger charge is 2.31. The summed E-state index contributed by atoms with van der Waals surface area (Å²) < 4.78 is 8.64. The number of amides is 1. The Kier molecular flexibility index (Phi) is 4.84. The van der Waals surface area contributed by atoms with Gasteiger partial charge in [-0.2, -0.15) is 5.10 Å². The van der Waals surface area contributed by atoms with Crippen molar-refractivity contribution in [1.82, 2.24) is 9.78 Å². The summed E-state index contributed by atoms with van der Waals surface area (Å²) in [5.74, 6) is 1.73. The molecule has 2 heterocycles. The fourth-order valence-electron chi connectivity index (χ4n) is 5.07. The van der Waals surface area contributed by atoms with Crippen molar-refractivity contribution in [2.24, 2.45) is 5.92 Å². The van der Waals surface area contributed by atoms with Crippen LogP contribution in [0.15, 0.2) is 24.5 Å². The number of anilines is 1. The van der Waals surface area contributed by atoms with Gasteiger partial charge in [-0.05, 0) is 63.5 Å². The molecule has 154 valence electrons. The second kappa shape index (κ2) is 7.51. The second-order valence-electron chi connectivity index (χ2n) is 9.12. The molecule has 1 aliphatic heterocycles. The van der Waals surface area contributed by atoms with Crippen molar-refractivity contribution in [1.29, 1.82) is 0 Å². The average molecular weight is 394 g/mol. The third-order valence-electron chi connectivity index (χ3n) is 6.86. The molecule has 5 nitrogen and oxygen atoms in total. The summed E-state index contributed by atoms with van der Waals surface area (Å²) in [5, 5.41) is 4.60. The summed E-state index contributed by atoms with van der Waals surface area (Å²) in [7, 11) is 0. The van der Waals surface area contributed by atoms with Crippen LogP contribution in [0.25, 0.3) is 11.1 Å². The number of ether oxygens (including phenoxy) is 1. The molecule has 1 amide bonds. The normalized spacial score (nSPS) is 22.0. The zero-order chi connectivity index (χ0) is 20.0. The van der Waals surface area contributed by atoms with Crippen molar-refractivity contribution >= 4 is 11.6 Å². The summed E-state index contributed by atoms with van der Waals surface area (Å²) in [6, 6.07) is 5.04. The van der Waals surface area contributed by atoms with Crippen LogP contribution in [0.2, 0.25) is 0 Å². The number of benzene rings is 1. The highest BCUT2D eigenvalue weighted by molar-refractivity contribution is 5.95. The first kappa shape index (κ1) is 18.7. The molecular formula is C24H31N3O2. The quantitative estimate of drug-likeness (QED) is 0.706. The predicted molar refractivity (Wildman–Crippen MR) is 114 cm³/mol. The van der Waals surface area contributed by atoms with Crippen molar-refractivity contribution < 1.29 is 9.53 Å². The van der Waals surface area contributed by atoms with Crippen LogP contribution in [0.4, 0.5) is 5.69 Å². The van der Waals surface area contributed by atoms with Crippen LogP contribution in [-0.2, 0) is 11.2 Å². The minimum atomic E-state index is 0.106. The minimum absolute atomic E-state index is 0.106. The minimum Gasteiger partial charge on any atom is -0.492 e. The molecule has 5 rings (SSSR count). The Morgan fingerprint density at radius 3 is 2.69 bits per heavy atom. The van der Waals surface area contributed by atoms with Crippen molar-refractivity contribution in [3.05, 3.63) is 30.1 Å². The third-order valence-corrected chi connectivity index (χ3v) is 6.86. The zero-order valence-electron chi connectivity index (χ0n) is 17.6. The van der Waals surface area contributed by atoms with Gasteiger partial charge in [0.05, 0.1) is 24.5 Å². The van der Waals surface area contributed by atoms with E-state index in [2.05, 4.69) is 35.0 Å². The number of rotatable bonds is 5. The maximum atomic E-state index is 12.4. The summed E-state index contributed by atoms with van der Waals surface area (Å²) >= 11 is 0.